The van der Waals surface area contributed by atoms with Crippen molar-refractivity contribution >= 4 is 5.95 Å². The van der Waals surface area contributed by atoms with Crippen LogP contribution in [0.2, 0.25) is 0 Å². The second kappa shape index (κ2) is 6.94. The number of hydrogen-bond acceptors (Lipinski definition) is 3. The molecule has 1 fully saturated rings. The number of hydrogen-bond donors (Lipinski definition) is 1. The van der Waals surface area contributed by atoms with Gasteiger partial charge in [-0.15, -0.1) is 0 Å². The van der Waals surface area contributed by atoms with Crippen molar-refractivity contribution < 1.29 is 0 Å². The van der Waals surface area contributed by atoms with Crippen LogP contribution < -0.4 is 5.32 Å². The number of unbranched alkanes of at least 4 members (excludes halogenated alkanes) is 1. The Balaban J connectivity index is 2.05. The van der Waals surface area contributed by atoms with E-state index < -0.39 is 0 Å². The third-order valence-electron chi connectivity index (χ3n) is 3.99. The number of rotatable bonds is 6. The summed E-state index contributed by atoms with van der Waals surface area (Å²) in [6, 6.07) is 0.582. The maximum Gasteiger partial charge on any atom is 0.203 e. The number of aryl methyl sites for hydroxylation is 1. The lowest BCUT2D eigenvalue weighted by Crippen LogP contribution is -2.36. The number of nitrogens with one attached hydrogen (secondary N) is 1. The van der Waals surface area contributed by atoms with Gasteiger partial charge in [0.2, 0.25) is 5.95 Å². The summed E-state index contributed by atoms with van der Waals surface area (Å²) >= 11 is 0. The minimum atomic E-state index is 0.582. The van der Waals surface area contributed by atoms with E-state index in [1.165, 1.54) is 32.2 Å². The molecule has 0 bridgehead atoms. The first-order valence-electron chi connectivity index (χ1n) is 7.76. The number of aromatic nitrogens is 2. The van der Waals surface area contributed by atoms with E-state index >= 15 is 0 Å². The van der Waals surface area contributed by atoms with Gasteiger partial charge in [0.15, 0.2) is 0 Å². The second-order valence-corrected chi connectivity index (χ2v) is 5.58. The van der Waals surface area contributed by atoms with E-state index in [-0.39, 0.29) is 0 Å². The van der Waals surface area contributed by atoms with Crippen LogP contribution in [-0.2, 0) is 0 Å². The molecule has 1 saturated heterocycles. The molecule has 4 nitrogen and oxygen atoms in total. The van der Waals surface area contributed by atoms with Gasteiger partial charge in [0.25, 0.3) is 0 Å². The van der Waals surface area contributed by atoms with Crippen molar-refractivity contribution in [1.82, 2.24) is 14.5 Å². The number of imidazole rings is 1. The molecule has 1 aliphatic rings. The smallest absolute Gasteiger partial charge is 0.203 e. The van der Waals surface area contributed by atoms with Gasteiger partial charge >= 0.3 is 0 Å². The fourth-order valence-corrected chi connectivity index (χ4v) is 2.85. The summed E-state index contributed by atoms with van der Waals surface area (Å²) in [6.07, 6.45) is 7.20. The van der Waals surface area contributed by atoms with Crippen LogP contribution in [-0.4, -0.2) is 40.6 Å². The monoisotopic (exact) mass is 264 g/mol. The zero-order chi connectivity index (χ0) is 13.7. The highest BCUT2D eigenvalue weighted by atomic mass is 15.3. The third kappa shape index (κ3) is 3.72. The van der Waals surface area contributed by atoms with Crippen LogP contribution in [0.25, 0.3) is 0 Å². The first kappa shape index (κ1) is 14.4. The molecule has 4 heteroatoms. The fourth-order valence-electron chi connectivity index (χ4n) is 2.85. The van der Waals surface area contributed by atoms with Gasteiger partial charge in [-0.3, -0.25) is 0 Å². The summed E-state index contributed by atoms with van der Waals surface area (Å²) in [7, 11) is 0. The van der Waals surface area contributed by atoms with E-state index in [9.17, 15) is 0 Å². The molecule has 1 N–H and O–H groups in total. The van der Waals surface area contributed by atoms with E-state index in [0.717, 1.165) is 31.3 Å². The van der Waals surface area contributed by atoms with Gasteiger partial charge < -0.3 is 14.8 Å². The Labute approximate surface area is 117 Å². The van der Waals surface area contributed by atoms with Gasteiger partial charge in [-0.1, -0.05) is 20.3 Å². The van der Waals surface area contributed by atoms with Crippen LogP contribution in [0.15, 0.2) is 6.20 Å². The molecule has 1 atom stereocenters. The molecule has 1 unspecified atom stereocenters. The van der Waals surface area contributed by atoms with Gasteiger partial charge in [0.1, 0.15) is 0 Å². The Morgan fingerprint density at radius 2 is 2.26 bits per heavy atom. The van der Waals surface area contributed by atoms with Crippen molar-refractivity contribution in [3.63, 3.8) is 0 Å². The molecule has 0 aliphatic carbocycles. The van der Waals surface area contributed by atoms with Crippen molar-refractivity contribution in [1.29, 1.82) is 0 Å². The Bertz CT molecular complexity index is 385. The fraction of sp³-hybridized carbons (Fsp3) is 0.800. The van der Waals surface area contributed by atoms with Crippen molar-refractivity contribution in [2.24, 2.45) is 0 Å². The van der Waals surface area contributed by atoms with Gasteiger partial charge in [0.05, 0.1) is 5.69 Å². The Kier molecular flexibility index (Phi) is 5.25. The number of anilines is 1. The lowest BCUT2D eigenvalue weighted by Gasteiger charge is -2.33. The number of likely N-dealkylation sites (tertiary alicyclic amines) is 1. The summed E-state index contributed by atoms with van der Waals surface area (Å²) in [5.74, 6) is 1.06. The molecule has 1 aromatic rings. The van der Waals surface area contributed by atoms with Crippen molar-refractivity contribution in [3.8, 4) is 0 Å². The predicted octanol–water partition coefficient (Wildman–Crippen LogP) is 3.06. The Morgan fingerprint density at radius 3 is 3.00 bits per heavy atom. The van der Waals surface area contributed by atoms with Crippen LogP contribution in [0.4, 0.5) is 5.95 Å². The third-order valence-corrected chi connectivity index (χ3v) is 3.99. The molecule has 1 aliphatic heterocycles. The predicted molar refractivity (Wildman–Crippen MR) is 80.7 cm³/mol. The molecular weight excluding hydrogens is 236 g/mol. The summed E-state index contributed by atoms with van der Waals surface area (Å²) in [4.78, 5) is 7.18. The summed E-state index contributed by atoms with van der Waals surface area (Å²) in [5.41, 5.74) is 1.12. The number of nitrogens with zero attached hydrogens (tertiary/aromatic N) is 3. The maximum atomic E-state index is 4.64. The van der Waals surface area contributed by atoms with E-state index in [1.807, 2.05) is 0 Å². The lowest BCUT2D eigenvalue weighted by atomic mass is 10.1. The minimum absolute atomic E-state index is 0.582. The normalized spacial score (nSPS) is 20.7. The molecule has 19 heavy (non-hydrogen) atoms. The molecular formula is C15H28N4. The first-order chi connectivity index (χ1) is 9.24. The highest BCUT2D eigenvalue weighted by Crippen LogP contribution is 2.25. The number of likely N-dealkylation sites (N-methyl/N-ethyl adjacent to an activating group) is 1. The average Bonchev–Trinajstić information content (AvgIpc) is 2.80. The zero-order valence-corrected chi connectivity index (χ0v) is 12.7. The first-order valence-corrected chi connectivity index (χ1v) is 7.76. The average molecular weight is 264 g/mol. The van der Waals surface area contributed by atoms with Crippen LogP contribution >= 0.6 is 0 Å². The highest BCUT2D eigenvalue weighted by Gasteiger charge is 2.22. The minimum Gasteiger partial charge on any atom is -0.356 e. The van der Waals surface area contributed by atoms with Gasteiger partial charge in [0, 0.05) is 25.3 Å². The Morgan fingerprint density at radius 1 is 1.42 bits per heavy atom. The highest BCUT2D eigenvalue weighted by molar-refractivity contribution is 5.29. The van der Waals surface area contributed by atoms with Crippen LogP contribution in [0, 0.1) is 6.92 Å². The van der Waals surface area contributed by atoms with Crippen LogP contribution in [0.1, 0.15) is 51.3 Å². The molecule has 108 valence electrons. The van der Waals surface area contributed by atoms with E-state index in [2.05, 4.69) is 46.7 Å². The Hall–Kier alpha value is -1.03. The topological polar surface area (TPSA) is 33.1 Å². The van der Waals surface area contributed by atoms with Gasteiger partial charge in [-0.05, 0) is 39.3 Å². The molecule has 0 amide bonds. The zero-order valence-electron chi connectivity index (χ0n) is 12.7. The van der Waals surface area contributed by atoms with Crippen molar-refractivity contribution in [2.75, 3.05) is 31.5 Å². The van der Waals surface area contributed by atoms with Crippen molar-refractivity contribution in [2.45, 2.75) is 52.5 Å². The summed E-state index contributed by atoms with van der Waals surface area (Å²) in [5, 5.41) is 3.50. The maximum absolute atomic E-state index is 4.64. The molecule has 1 aromatic heterocycles. The lowest BCUT2D eigenvalue weighted by molar-refractivity contribution is 0.186. The van der Waals surface area contributed by atoms with E-state index in [1.54, 1.807) is 0 Å². The van der Waals surface area contributed by atoms with Gasteiger partial charge in [-0.25, -0.2) is 4.98 Å². The molecule has 2 heterocycles. The summed E-state index contributed by atoms with van der Waals surface area (Å²) in [6.45, 7) is 11.2. The molecule has 0 aromatic carbocycles. The summed E-state index contributed by atoms with van der Waals surface area (Å²) < 4.78 is 2.37. The van der Waals surface area contributed by atoms with Crippen LogP contribution in [0.5, 0.6) is 0 Å². The molecule has 0 spiro atoms. The quantitative estimate of drug-likeness (QED) is 0.802. The molecule has 2 rings (SSSR count). The van der Waals surface area contributed by atoms with E-state index in [4.69, 9.17) is 0 Å². The molecule has 0 saturated carbocycles. The van der Waals surface area contributed by atoms with Crippen LogP contribution in [0.3, 0.4) is 0 Å². The largest absolute Gasteiger partial charge is 0.356 e. The van der Waals surface area contributed by atoms with E-state index in [0.29, 0.717) is 6.04 Å². The van der Waals surface area contributed by atoms with Gasteiger partial charge in [-0.2, -0.15) is 0 Å². The number of piperidine rings is 1. The van der Waals surface area contributed by atoms with Crippen molar-refractivity contribution in [3.05, 3.63) is 11.9 Å². The SMILES string of the molecule is CCCCNc1nc(C)cn1C1CCCN(CC)C1. The molecule has 0 radical (unpaired) electrons. The standard InChI is InChI=1S/C15H28N4/c1-4-6-9-16-15-17-13(3)11-19(15)14-8-7-10-18(5-2)12-14/h11,14H,4-10,12H2,1-3H3,(H,16,17). The second-order valence-electron chi connectivity index (χ2n) is 5.58.